The zero-order valence-electron chi connectivity index (χ0n) is 10.1. The van der Waals surface area contributed by atoms with Crippen LogP contribution in [0.4, 0.5) is 8.78 Å². The molecule has 10 heteroatoms. The van der Waals surface area contributed by atoms with E-state index in [2.05, 4.69) is 10.2 Å². The van der Waals surface area contributed by atoms with Crippen LogP contribution in [0.15, 0.2) is 40.6 Å². The van der Waals surface area contributed by atoms with E-state index in [4.69, 9.17) is 0 Å². The van der Waals surface area contributed by atoms with Gasteiger partial charge in [-0.15, -0.1) is 10.2 Å². The molecule has 0 spiro atoms. The first-order chi connectivity index (χ1) is 9.34. The molecule has 1 aromatic carbocycles. The fraction of sp³-hybridized carbons (Fsp3) is 0.200. The van der Waals surface area contributed by atoms with Gasteiger partial charge in [-0.25, -0.2) is 8.42 Å². The average molecular weight is 321 g/mol. The Morgan fingerprint density at radius 3 is 2.35 bits per heavy atom. The number of rotatable bonds is 4. The predicted molar refractivity (Wildman–Crippen MR) is 66.9 cm³/mol. The van der Waals surface area contributed by atoms with Crippen molar-refractivity contribution in [2.45, 2.75) is 15.8 Å². The molecule has 0 N–H and O–H groups in total. The summed E-state index contributed by atoms with van der Waals surface area (Å²) in [5.74, 6) is -3.47. The van der Waals surface area contributed by atoms with Crippen molar-refractivity contribution in [1.29, 1.82) is 0 Å². The smallest absolute Gasteiger partial charge is 0.275 e. The zero-order chi connectivity index (χ0) is 14.9. The van der Waals surface area contributed by atoms with Crippen LogP contribution in [0, 0.1) is 0 Å². The van der Waals surface area contributed by atoms with E-state index >= 15 is 0 Å². The molecule has 0 aliphatic carbocycles. The van der Waals surface area contributed by atoms with Gasteiger partial charge in [-0.1, -0.05) is 0 Å². The lowest BCUT2D eigenvalue weighted by molar-refractivity contribution is 0.234. The lowest BCUT2D eigenvalue weighted by atomic mass is 10.3. The molecule has 0 saturated carbocycles. The largest absolute Gasteiger partial charge is 0.341 e. The van der Waals surface area contributed by atoms with E-state index < -0.39 is 31.3 Å². The molecule has 0 radical (unpaired) electrons. The van der Waals surface area contributed by atoms with Crippen LogP contribution < -0.4 is 0 Å². The molecule has 108 valence electrons. The minimum absolute atomic E-state index is 0.175. The molecule has 0 unspecified atom stereocenters. The summed E-state index contributed by atoms with van der Waals surface area (Å²) in [4.78, 5) is -0.483. The van der Waals surface area contributed by atoms with Crippen molar-refractivity contribution in [3.8, 4) is 5.69 Å². The van der Waals surface area contributed by atoms with Gasteiger partial charge in [-0.2, -0.15) is 8.78 Å². The molecule has 0 aliphatic heterocycles. The maximum absolute atomic E-state index is 12.4. The van der Waals surface area contributed by atoms with Crippen LogP contribution in [-0.2, 0) is 20.6 Å². The second kappa shape index (κ2) is 5.37. The predicted octanol–water partition coefficient (Wildman–Crippen LogP) is 1.00. The summed E-state index contributed by atoms with van der Waals surface area (Å²) >= 11 is 0. The van der Waals surface area contributed by atoms with Crippen molar-refractivity contribution >= 4 is 20.6 Å². The van der Waals surface area contributed by atoms with Gasteiger partial charge < -0.3 is 0 Å². The summed E-state index contributed by atoms with van der Waals surface area (Å²) < 4.78 is 60.1. The summed E-state index contributed by atoms with van der Waals surface area (Å²) in [6.45, 7) is 0. The van der Waals surface area contributed by atoms with Crippen LogP contribution in [0.1, 0.15) is 0 Å². The number of halogens is 2. The first-order valence-corrected chi connectivity index (χ1v) is 8.30. The highest BCUT2D eigenvalue weighted by molar-refractivity contribution is 7.91. The molecular formula is C10H9F2N3O3S2. The molecule has 0 amide bonds. The van der Waals surface area contributed by atoms with Crippen molar-refractivity contribution < 1.29 is 21.4 Å². The normalized spacial score (nSPS) is 13.6. The van der Waals surface area contributed by atoms with E-state index in [1.165, 1.54) is 29.3 Å². The Kier molecular flexibility index (Phi) is 3.95. The quantitative estimate of drug-likeness (QED) is 0.839. The van der Waals surface area contributed by atoms with Gasteiger partial charge in [0.2, 0.25) is 15.0 Å². The van der Waals surface area contributed by atoms with Crippen LogP contribution in [0.3, 0.4) is 0 Å². The van der Waals surface area contributed by atoms with Crippen molar-refractivity contribution in [2.24, 2.45) is 0 Å². The molecule has 2 rings (SSSR count). The summed E-state index contributed by atoms with van der Waals surface area (Å²) in [5.41, 5.74) is 0.424. The van der Waals surface area contributed by atoms with Crippen LogP contribution in [0.2, 0.25) is 0 Å². The highest BCUT2D eigenvalue weighted by Crippen LogP contribution is 2.20. The molecular weight excluding hydrogens is 312 g/mol. The van der Waals surface area contributed by atoms with Gasteiger partial charge in [-0.3, -0.25) is 8.78 Å². The molecule has 0 saturated heterocycles. The summed E-state index contributed by atoms with van der Waals surface area (Å²) in [6, 6.07) is 4.74. The Hall–Kier alpha value is -1.68. The first-order valence-electron chi connectivity index (χ1n) is 5.20. The third kappa shape index (κ3) is 2.61. The lowest BCUT2D eigenvalue weighted by Gasteiger charge is -2.06. The van der Waals surface area contributed by atoms with Crippen LogP contribution in [0.5, 0.6) is 0 Å². The number of nitrogens with zero attached hydrogens (tertiary/aromatic N) is 3. The molecule has 2 aromatic rings. The fourth-order valence-electron chi connectivity index (χ4n) is 1.50. The fourth-order valence-corrected chi connectivity index (χ4v) is 2.81. The van der Waals surface area contributed by atoms with Crippen molar-refractivity contribution in [2.75, 3.05) is 6.26 Å². The SMILES string of the molecule is C[S@@](=O)c1nncn1-c1ccc(S(=O)(=O)C(F)F)cc1. The molecule has 6 nitrogen and oxygen atoms in total. The summed E-state index contributed by atoms with van der Waals surface area (Å²) in [5, 5.41) is 7.44. The zero-order valence-corrected chi connectivity index (χ0v) is 11.7. The Balaban J connectivity index is 2.43. The highest BCUT2D eigenvalue weighted by atomic mass is 32.2. The van der Waals surface area contributed by atoms with Gasteiger partial charge in [0.05, 0.1) is 15.7 Å². The van der Waals surface area contributed by atoms with Crippen molar-refractivity contribution in [1.82, 2.24) is 14.8 Å². The van der Waals surface area contributed by atoms with E-state index in [9.17, 15) is 21.4 Å². The number of hydrogen-bond acceptors (Lipinski definition) is 5. The maximum Gasteiger partial charge on any atom is 0.341 e. The summed E-state index contributed by atoms with van der Waals surface area (Å²) in [7, 11) is -6.01. The van der Waals surface area contributed by atoms with Crippen LogP contribution >= 0.6 is 0 Å². The molecule has 1 atom stereocenters. The van der Waals surface area contributed by atoms with Gasteiger partial charge in [-0.05, 0) is 24.3 Å². The topological polar surface area (TPSA) is 81.9 Å². The van der Waals surface area contributed by atoms with Crippen LogP contribution in [0.25, 0.3) is 5.69 Å². The minimum Gasteiger partial charge on any atom is -0.275 e. The van der Waals surface area contributed by atoms with E-state index in [1.807, 2.05) is 0 Å². The van der Waals surface area contributed by atoms with Crippen molar-refractivity contribution in [3.63, 3.8) is 0 Å². The van der Waals surface area contributed by atoms with Crippen LogP contribution in [-0.4, -0.2) is 39.4 Å². The van der Waals surface area contributed by atoms with Gasteiger partial charge in [0.1, 0.15) is 6.33 Å². The molecule has 1 aromatic heterocycles. The first kappa shape index (κ1) is 14.7. The number of benzene rings is 1. The Bertz CT molecular complexity index is 741. The van der Waals surface area contributed by atoms with Crippen molar-refractivity contribution in [3.05, 3.63) is 30.6 Å². The van der Waals surface area contributed by atoms with E-state index in [0.29, 0.717) is 5.69 Å². The summed E-state index contributed by atoms with van der Waals surface area (Å²) in [6.07, 6.45) is 2.71. The Morgan fingerprint density at radius 2 is 1.85 bits per heavy atom. The number of aromatic nitrogens is 3. The monoisotopic (exact) mass is 321 g/mol. The number of hydrogen-bond donors (Lipinski definition) is 0. The molecule has 0 fully saturated rings. The Labute approximate surface area is 115 Å². The number of sulfone groups is 1. The standard InChI is InChI=1S/C10H9F2N3O3S2/c1-19(16)10-14-13-6-15(10)7-2-4-8(5-3-7)20(17,18)9(11)12/h2-6,9H,1H3/t19-/m1/s1. The maximum atomic E-state index is 12.4. The molecule has 1 heterocycles. The van der Waals surface area contributed by atoms with E-state index in [1.54, 1.807) is 0 Å². The molecule has 0 aliphatic rings. The van der Waals surface area contributed by atoms with Gasteiger partial charge in [0.15, 0.2) is 0 Å². The van der Waals surface area contributed by atoms with Gasteiger partial charge >= 0.3 is 5.76 Å². The second-order valence-electron chi connectivity index (χ2n) is 3.74. The average Bonchev–Trinajstić information content (AvgIpc) is 2.88. The van der Waals surface area contributed by atoms with E-state index in [-0.39, 0.29) is 5.16 Å². The second-order valence-corrected chi connectivity index (χ2v) is 6.93. The number of alkyl halides is 2. The third-order valence-corrected chi connectivity index (χ3v) is 4.64. The third-order valence-electron chi connectivity index (χ3n) is 2.45. The Morgan fingerprint density at radius 1 is 1.25 bits per heavy atom. The van der Waals surface area contributed by atoms with Gasteiger partial charge in [0, 0.05) is 11.9 Å². The van der Waals surface area contributed by atoms with E-state index in [0.717, 1.165) is 12.1 Å². The highest BCUT2D eigenvalue weighted by Gasteiger charge is 2.26. The molecule has 0 bridgehead atoms. The van der Waals surface area contributed by atoms with Gasteiger partial charge in [0.25, 0.3) is 0 Å². The molecule has 20 heavy (non-hydrogen) atoms. The minimum atomic E-state index is -4.62. The lowest BCUT2D eigenvalue weighted by Crippen LogP contribution is -2.11.